The number of halogens is 1. The Labute approximate surface area is 117 Å². The number of aryl methyl sites for hydroxylation is 1. The lowest BCUT2D eigenvalue weighted by molar-refractivity contribution is 0.0783. The topological polar surface area (TPSA) is 38.1 Å². The summed E-state index contributed by atoms with van der Waals surface area (Å²) >= 11 is 6.03. The van der Waals surface area contributed by atoms with Crippen LogP contribution < -0.4 is 0 Å². The quantitative estimate of drug-likeness (QED) is 0.862. The van der Waals surface area contributed by atoms with Gasteiger partial charge >= 0.3 is 0 Å². The number of hydrogen-bond donors (Lipinski definition) is 0. The molecule has 1 heterocycles. The molecule has 100 valence electrons. The standard InChI is InChI=1S/C14H16ClN3O/c1-3-18-9-8-11(16-18)10-17(2)14(19)12-6-4-5-7-13(12)15/h4-9H,3,10H2,1-2H3. The number of carbonyl (C=O) groups excluding carboxylic acids is 1. The molecule has 0 N–H and O–H groups in total. The highest BCUT2D eigenvalue weighted by Gasteiger charge is 2.15. The molecule has 0 saturated carbocycles. The molecule has 5 heteroatoms. The van der Waals surface area contributed by atoms with Gasteiger partial charge in [-0.15, -0.1) is 0 Å². The lowest BCUT2D eigenvalue weighted by atomic mass is 10.2. The molecular weight excluding hydrogens is 262 g/mol. The molecule has 0 fully saturated rings. The summed E-state index contributed by atoms with van der Waals surface area (Å²) in [6, 6.07) is 8.97. The first-order valence-electron chi connectivity index (χ1n) is 6.14. The van der Waals surface area contributed by atoms with Gasteiger partial charge < -0.3 is 4.90 Å². The van der Waals surface area contributed by atoms with E-state index in [1.807, 2.05) is 29.9 Å². The van der Waals surface area contributed by atoms with Crippen LogP contribution in [0.4, 0.5) is 0 Å². The van der Waals surface area contributed by atoms with E-state index in [-0.39, 0.29) is 5.91 Å². The van der Waals surface area contributed by atoms with E-state index in [1.54, 1.807) is 30.1 Å². The molecule has 0 radical (unpaired) electrons. The third kappa shape index (κ3) is 3.15. The Balaban J connectivity index is 2.09. The minimum absolute atomic E-state index is 0.100. The van der Waals surface area contributed by atoms with E-state index in [0.29, 0.717) is 17.1 Å². The van der Waals surface area contributed by atoms with Gasteiger partial charge in [-0.2, -0.15) is 5.10 Å². The molecule has 0 saturated heterocycles. The molecule has 0 atom stereocenters. The first-order chi connectivity index (χ1) is 9.11. The zero-order valence-electron chi connectivity index (χ0n) is 11.0. The van der Waals surface area contributed by atoms with Crippen molar-refractivity contribution in [1.29, 1.82) is 0 Å². The second-order valence-corrected chi connectivity index (χ2v) is 4.71. The Hall–Kier alpha value is -1.81. The van der Waals surface area contributed by atoms with Crippen LogP contribution in [0, 0.1) is 0 Å². The van der Waals surface area contributed by atoms with Crippen LogP contribution in [0.3, 0.4) is 0 Å². The second-order valence-electron chi connectivity index (χ2n) is 4.30. The maximum atomic E-state index is 12.3. The van der Waals surface area contributed by atoms with Crippen molar-refractivity contribution in [2.24, 2.45) is 0 Å². The first-order valence-corrected chi connectivity index (χ1v) is 6.52. The van der Waals surface area contributed by atoms with Crippen LogP contribution in [-0.2, 0) is 13.1 Å². The van der Waals surface area contributed by atoms with Crippen molar-refractivity contribution in [1.82, 2.24) is 14.7 Å². The summed E-state index contributed by atoms with van der Waals surface area (Å²) in [5, 5.41) is 4.83. The van der Waals surface area contributed by atoms with Crippen molar-refractivity contribution >= 4 is 17.5 Å². The minimum atomic E-state index is -0.100. The summed E-state index contributed by atoms with van der Waals surface area (Å²) in [5.41, 5.74) is 1.38. The molecule has 19 heavy (non-hydrogen) atoms. The van der Waals surface area contributed by atoms with Crippen LogP contribution in [0.2, 0.25) is 5.02 Å². The fourth-order valence-electron chi connectivity index (χ4n) is 1.82. The maximum absolute atomic E-state index is 12.3. The molecule has 1 amide bonds. The van der Waals surface area contributed by atoms with Crippen LogP contribution in [0.15, 0.2) is 36.5 Å². The highest BCUT2D eigenvalue weighted by Crippen LogP contribution is 2.17. The summed E-state index contributed by atoms with van der Waals surface area (Å²) in [6.45, 7) is 3.31. The van der Waals surface area contributed by atoms with E-state index < -0.39 is 0 Å². The Kier molecular flexibility index (Phi) is 4.22. The van der Waals surface area contributed by atoms with Crippen molar-refractivity contribution in [3.63, 3.8) is 0 Å². The van der Waals surface area contributed by atoms with E-state index in [0.717, 1.165) is 12.2 Å². The van der Waals surface area contributed by atoms with Gasteiger partial charge in [-0.05, 0) is 25.1 Å². The van der Waals surface area contributed by atoms with Crippen molar-refractivity contribution in [2.45, 2.75) is 20.0 Å². The van der Waals surface area contributed by atoms with Crippen LogP contribution in [0.1, 0.15) is 23.0 Å². The van der Waals surface area contributed by atoms with Gasteiger partial charge in [0.15, 0.2) is 0 Å². The monoisotopic (exact) mass is 277 g/mol. The van der Waals surface area contributed by atoms with Gasteiger partial charge in [0.2, 0.25) is 0 Å². The second kappa shape index (κ2) is 5.89. The Morgan fingerprint density at radius 2 is 2.11 bits per heavy atom. The van der Waals surface area contributed by atoms with Crippen molar-refractivity contribution < 1.29 is 4.79 Å². The summed E-state index contributed by atoms with van der Waals surface area (Å²) in [4.78, 5) is 13.9. The van der Waals surface area contributed by atoms with Gasteiger partial charge in [-0.25, -0.2) is 0 Å². The van der Waals surface area contributed by atoms with Crippen LogP contribution in [0.25, 0.3) is 0 Å². The Morgan fingerprint density at radius 3 is 2.74 bits per heavy atom. The molecule has 0 unspecified atom stereocenters. The molecule has 2 rings (SSSR count). The summed E-state index contributed by atoms with van der Waals surface area (Å²) < 4.78 is 1.84. The molecule has 4 nitrogen and oxygen atoms in total. The highest BCUT2D eigenvalue weighted by molar-refractivity contribution is 6.33. The Bertz CT molecular complexity index is 580. The van der Waals surface area contributed by atoms with Gasteiger partial charge in [0.05, 0.1) is 22.8 Å². The SMILES string of the molecule is CCn1ccc(CN(C)C(=O)c2ccccc2Cl)n1. The van der Waals surface area contributed by atoms with E-state index in [1.165, 1.54) is 0 Å². The van der Waals surface area contributed by atoms with Crippen LogP contribution in [0.5, 0.6) is 0 Å². The summed E-state index contributed by atoms with van der Waals surface area (Å²) in [6.07, 6.45) is 1.91. The van der Waals surface area contributed by atoms with Crippen LogP contribution in [-0.4, -0.2) is 27.6 Å². The van der Waals surface area contributed by atoms with Crippen molar-refractivity contribution in [2.75, 3.05) is 7.05 Å². The molecule has 1 aromatic carbocycles. The predicted molar refractivity (Wildman–Crippen MR) is 75.2 cm³/mol. The number of nitrogens with zero attached hydrogens (tertiary/aromatic N) is 3. The molecule has 1 aromatic heterocycles. The van der Waals surface area contributed by atoms with E-state index in [4.69, 9.17) is 11.6 Å². The molecule has 2 aromatic rings. The maximum Gasteiger partial charge on any atom is 0.255 e. The molecule has 0 bridgehead atoms. The lowest BCUT2D eigenvalue weighted by Crippen LogP contribution is -2.26. The minimum Gasteiger partial charge on any atom is -0.336 e. The normalized spacial score (nSPS) is 10.5. The summed E-state index contributed by atoms with van der Waals surface area (Å²) in [7, 11) is 1.75. The highest BCUT2D eigenvalue weighted by atomic mass is 35.5. The fourth-order valence-corrected chi connectivity index (χ4v) is 2.04. The zero-order valence-corrected chi connectivity index (χ0v) is 11.8. The van der Waals surface area contributed by atoms with Crippen LogP contribution >= 0.6 is 11.6 Å². The average molecular weight is 278 g/mol. The lowest BCUT2D eigenvalue weighted by Gasteiger charge is -2.16. The fraction of sp³-hybridized carbons (Fsp3) is 0.286. The molecule has 0 aliphatic rings. The van der Waals surface area contributed by atoms with E-state index >= 15 is 0 Å². The van der Waals surface area contributed by atoms with Gasteiger partial charge in [-0.1, -0.05) is 23.7 Å². The number of rotatable bonds is 4. The smallest absolute Gasteiger partial charge is 0.255 e. The van der Waals surface area contributed by atoms with Crippen molar-refractivity contribution in [3.05, 3.63) is 52.8 Å². The molecule has 0 spiro atoms. The average Bonchev–Trinajstić information content (AvgIpc) is 2.86. The predicted octanol–water partition coefficient (Wildman–Crippen LogP) is 2.83. The Morgan fingerprint density at radius 1 is 1.37 bits per heavy atom. The molecular formula is C14H16ClN3O. The van der Waals surface area contributed by atoms with Gasteiger partial charge in [0.1, 0.15) is 0 Å². The number of hydrogen-bond acceptors (Lipinski definition) is 2. The van der Waals surface area contributed by atoms with E-state index in [9.17, 15) is 4.79 Å². The zero-order chi connectivity index (χ0) is 13.8. The summed E-state index contributed by atoms with van der Waals surface area (Å²) in [5.74, 6) is -0.100. The number of amides is 1. The third-order valence-corrected chi connectivity index (χ3v) is 3.20. The largest absolute Gasteiger partial charge is 0.336 e. The number of benzene rings is 1. The third-order valence-electron chi connectivity index (χ3n) is 2.87. The van der Waals surface area contributed by atoms with Gasteiger partial charge in [-0.3, -0.25) is 9.48 Å². The van der Waals surface area contributed by atoms with E-state index in [2.05, 4.69) is 5.10 Å². The number of aromatic nitrogens is 2. The van der Waals surface area contributed by atoms with Gasteiger partial charge in [0, 0.05) is 19.8 Å². The molecule has 0 aliphatic carbocycles. The first kappa shape index (κ1) is 13.6. The number of carbonyl (C=O) groups is 1. The molecule has 0 aliphatic heterocycles. The van der Waals surface area contributed by atoms with Crippen molar-refractivity contribution in [3.8, 4) is 0 Å². The van der Waals surface area contributed by atoms with Gasteiger partial charge in [0.25, 0.3) is 5.91 Å².